The predicted octanol–water partition coefficient (Wildman–Crippen LogP) is 7.68. The van der Waals surface area contributed by atoms with E-state index in [9.17, 15) is 19.2 Å². The molecular weight excluding hydrogens is 765 g/mol. The summed E-state index contributed by atoms with van der Waals surface area (Å²) in [6, 6.07) is 14.4. The van der Waals surface area contributed by atoms with Gasteiger partial charge in [0.2, 0.25) is 17.9 Å². The molecule has 3 aromatic rings. The van der Waals surface area contributed by atoms with Gasteiger partial charge in [-0.05, 0) is 93.0 Å². The maximum absolute atomic E-state index is 12.7. The van der Waals surface area contributed by atoms with Gasteiger partial charge in [-0.3, -0.25) is 10.1 Å². The predicted molar refractivity (Wildman–Crippen MR) is 239 cm³/mol. The highest BCUT2D eigenvalue weighted by Gasteiger charge is 2.14. The van der Waals surface area contributed by atoms with Gasteiger partial charge in [-0.25, -0.2) is 14.4 Å². The van der Waals surface area contributed by atoms with Crippen molar-refractivity contribution in [2.75, 3.05) is 42.3 Å². The SMILES string of the molecule is C=C(/N=C(\N=C(/N)Nc1ccc(C(=O)OCC(CC)CCCC)cc1)NCCCCNC(=O)Nc1nc(=O)cc(C)[nH]1)Nc1ccc(C(=O)OCC(CC)CCCC)cc1. The standard InChI is InChI=1S/C44H64N10O6/c1-7-11-15-32(9-3)28-59-39(56)34-17-21-36(22-18-34)49-31(6)50-42(46-25-13-14-26-47-44(58)54-43-48-30(5)27-38(55)52-43)53-41(45)51-37-23-19-35(20-24-37)40(57)60-29-33(10-4)16-12-8-2/h17-24,27,32-33,49H,6-16,25-26,28-29H2,1-5H3,(H4,45,46,50,51,53)(H3,47,48,52,54,55,58). The van der Waals surface area contributed by atoms with Crippen molar-refractivity contribution in [2.45, 2.75) is 98.8 Å². The number of urea groups is 1. The topological polar surface area (TPSA) is 226 Å². The summed E-state index contributed by atoms with van der Waals surface area (Å²) in [6.45, 7) is 15.8. The van der Waals surface area contributed by atoms with Crippen molar-refractivity contribution in [3.8, 4) is 0 Å². The van der Waals surface area contributed by atoms with Crippen molar-refractivity contribution in [1.29, 1.82) is 0 Å². The molecule has 3 rings (SSSR count). The molecule has 2 unspecified atom stereocenters. The number of aromatic nitrogens is 2. The zero-order chi connectivity index (χ0) is 43.7. The Kier molecular flexibility index (Phi) is 21.5. The summed E-state index contributed by atoms with van der Waals surface area (Å²) in [4.78, 5) is 64.8. The minimum atomic E-state index is -0.500. The zero-order valence-corrected chi connectivity index (χ0v) is 35.8. The van der Waals surface area contributed by atoms with E-state index in [0.29, 0.717) is 79.2 Å². The van der Waals surface area contributed by atoms with Crippen LogP contribution in [0.2, 0.25) is 0 Å². The van der Waals surface area contributed by atoms with Crippen LogP contribution in [-0.2, 0) is 9.47 Å². The van der Waals surface area contributed by atoms with Gasteiger partial charge in [0.25, 0.3) is 5.56 Å². The second-order valence-corrected chi connectivity index (χ2v) is 14.6. The fourth-order valence-electron chi connectivity index (χ4n) is 5.89. The Morgan fingerprint density at radius 2 is 1.27 bits per heavy atom. The van der Waals surface area contributed by atoms with E-state index < -0.39 is 11.6 Å². The van der Waals surface area contributed by atoms with Crippen molar-refractivity contribution < 1.29 is 23.9 Å². The van der Waals surface area contributed by atoms with Gasteiger partial charge in [-0.1, -0.05) is 72.8 Å². The molecule has 326 valence electrons. The Labute approximate surface area is 353 Å². The van der Waals surface area contributed by atoms with Crippen LogP contribution in [0.15, 0.2) is 81.8 Å². The van der Waals surface area contributed by atoms with Gasteiger partial charge in [0.15, 0.2) is 0 Å². The van der Waals surface area contributed by atoms with Crippen LogP contribution in [0.5, 0.6) is 0 Å². The Morgan fingerprint density at radius 1 is 0.750 bits per heavy atom. The number of H-pyrrole nitrogens is 1. The number of aryl methyl sites for hydroxylation is 1. The molecule has 0 saturated heterocycles. The first-order chi connectivity index (χ1) is 28.9. The molecule has 0 spiro atoms. The molecule has 0 fully saturated rings. The Hall–Kier alpha value is -6.19. The van der Waals surface area contributed by atoms with E-state index in [4.69, 9.17) is 15.2 Å². The molecule has 16 heteroatoms. The second-order valence-electron chi connectivity index (χ2n) is 14.6. The van der Waals surface area contributed by atoms with Gasteiger partial charge >= 0.3 is 18.0 Å². The molecule has 16 nitrogen and oxygen atoms in total. The minimum absolute atomic E-state index is 0.0232. The van der Waals surface area contributed by atoms with Crippen molar-refractivity contribution in [3.05, 3.63) is 94.2 Å². The highest BCUT2D eigenvalue weighted by atomic mass is 16.5. The number of esters is 2. The van der Waals surface area contributed by atoms with Crippen LogP contribution in [0.4, 0.5) is 22.1 Å². The first-order valence-corrected chi connectivity index (χ1v) is 21.0. The molecule has 0 radical (unpaired) electrons. The average molecular weight is 829 g/mol. The summed E-state index contributed by atoms with van der Waals surface area (Å²) in [6.07, 6.45) is 9.62. The number of carbonyl (C=O) groups excluding carboxylic acids is 3. The van der Waals surface area contributed by atoms with Crippen LogP contribution < -0.4 is 37.9 Å². The maximum atomic E-state index is 12.7. The van der Waals surface area contributed by atoms with E-state index in [0.717, 1.165) is 51.4 Å². The number of amides is 2. The van der Waals surface area contributed by atoms with Crippen LogP contribution >= 0.6 is 0 Å². The third-order valence-electron chi connectivity index (χ3n) is 9.54. The van der Waals surface area contributed by atoms with Crippen LogP contribution in [-0.4, -0.2) is 66.2 Å². The summed E-state index contributed by atoms with van der Waals surface area (Å²) in [5.74, 6) is 0.424. The molecule has 60 heavy (non-hydrogen) atoms. The largest absolute Gasteiger partial charge is 0.462 e. The normalized spacial score (nSPS) is 12.5. The van der Waals surface area contributed by atoms with Crippen LogP contribution in [0, 0.1) is 18.8 Å². The summed E-state index contributed by atoms with van der Waals surface area (Å²) in [5, 5.41) is 14.5. The van der Waals surface area contributed by atoms with Gasteiger partial charge in [-0.15, -0.1) is 0 Å². The highest BCUT2D eigenvalue weighted by Crippen LogP contribution is 2.18. The number of benzene rings is 2. The molecule has 0 aliphatic rings. The van der Waals surface area contributed by atoms with Gasteiger partial charge in [0.1, 0.15) is 5.82 Å². The Bertz CT molecular complexity index is 1930. The number of anilines is 3. The number of aromatic amines is 1. The summed E-state index contributed by atoms with van der Waals surface area (Å²) < 4.78 is 11.2. The highest BCUT2D eigenvalue weighted by molar-refractivity contribution is 6.01. The van der Waals surface area contributed by atoms with Crippen LogP contribution in [0.25, 0.3) is 0 Å². The number of aliphatic imine (C=N–C) groups is 2. The molecule has 2 atom stereocenters. The van der Waals surface area contributed by atoms with Crippen LogP contribution in [0.1, 0.15) is 118 Å². The third-order valence-corrected chi connectivity index (χ3v) is 9.54. The number of ether oxygens (including phenoxy) is 2. The summed E-state index contributed by atoms with van der Waals surface area (Å²) in [7, 11) is 0. The Morgan fingerprint density at radius 3 is 1.77 bits per heavy atom. The zero-order valence-electron chi connectivity index (χ0n) is 35.8. The second kappa shape index (κ2) is 26.7. The lowest BCUT2D eigenvalue weighted by Crippen LogP contribution is -2.32. The van der Waals surface area contributed by atoms with Gasteiger partial charge in [0.05, 0.1) is 24.3 Å². The fraction of sp³-hybridized carbons (Fsp3) is 0.477. The van der Waals surface area contributed by atoms with Crippen molar-refractivity contribution >= 4 is 47.2 Å². The lowest BCUT2D eigenvalue weighted by Gasteiger charge is -2.15. The lowest BCUT2D eigenvalue weighted by atomic mass is 10.0. The van der Waals surface area contributed by atoms with Crippen molar-refractivity contribution in [3.63, 3.8) is 0 Å². The summed E-state index contributed by atoms with van der Waals surface area (Å²) >= 11 is 0. The number of carbonyl (C=O) groups is 3. The van der Waals surface area contributed by atoms with E-state index in [1.165, 1.54) is 6.07 Å². The quantitative estimate of drug-likeness (QED) is 0.0201. The molecule has 1 aromatic heterocycles. The molecule has 8 N–H and O–H groups in total. The molecule has 2 aromatic carbocycles. The van der Waals surface area contributed by atoms with Gasteiger partial charge in [-0.2, -0.15) is 15.0 Å². The molecule has 0 aliphatic carbocycles. The van der Waals surface area contributed by atoms with E-state index >= 15 is 0 Å². The third kappa shape index (κ3) is 18.6. The molecule has 2 amide bonds. The fourth-order valence-corrected chi connectivity index (χ4v) is 5.89. The molecular formula is C44H64N10O6. The minimum Gasteiger partial charge on any atom is -0.462 e. The number of unbranched alkanes of at least 4 members (excludes halogenated alkanes) is 3. The number of nitrogens with zero attached hydrogens (tertiary/aromatic N) is 3. The number of hydrogen-bond acceptors (Lipinski definition) is 9. The smallest absolute Gasteiger partial charge is 0.338 e. The van der Waals surface area contributed by atoms with E-state index in [-0.39, 0.29) is 35.6 Å². The Balaban J connectivity index is 1.62. The lowest BCUT2D eigenvalue weighted by molar-refractivity contribution is 0.0419. The summed E-state index contributed by atoms with van der Waals surface area (Å²) in [5.41, 5.74) is 8.54. The first kappa shape index (κ1) is 48.2. The molecule has 0 aliphatic heterocycles. The van der Waals surface area contributed by atoms with Gasteiger partial charge < -0.3 is 41.5 Å². The molecule has 0 bridgehead atoms. The monoisotopic (exact) mass is 829 g/mol. The maximum Gasteiger partial charge on any atom is 0.338 e. The molecule has 0 saturated carbocycles. The van der Waals surface area contributed by atoms with Gasteiger partial charge in [0, 0.05) is 36.2 Å². The van der Waals surface area contributed by atoms with Crippen LogP contribution in [0.3, 0.4) is 0 Å². The number of nitrogens with two attached hydrogens (primary N) is 1. The van der Waals surface area contributed by atoms with Crippen molar-refractivity contribution in [1.82, 2.24) is 20.6 Å². The molecule has 1 heterocycles. The average Bonchev–Trinajstić information content (AvgIpc) is 3.22. The number of nitrogens with one attached hydrogen (secondary N) is 6. The number of rotatable bonds is 24. The number of hydrogen-bond donors (Lipinski definition) is 7. The van der Waals surface area contributed by atoms with E-state index in [1.807, 2.05) is 0 Å². The van der Waals surface area contributed by atoms with E-state index in [2.05, 4.69) is 80.8 Å². The van der Waals surface area contributed by atoms with E-state index in [1.54, 1.807) is 55.5 Å². The number of guanidine groups is 2. The van der Waals surface area contributed by atoms with Crippen molar-refractivity contribution in [2.24, 2.45) is 27.6 Å². The first-order valence-electron chi connectivity index (χ1n) is 21.0.